The summed E-state index contributed by atoms with van der Waals surface area (Å²) in [6.07, 6.45) is -2.97. The van der Waals surface area contributed by atoms with E-state index in [0.29, 0.717) is 57.3 Å². The Bertz CT molecular complexity index is 1520. The number of hydrogen-bond acceptors (Lipinski definition) is 8. The Labute approximate surface area is 255 Å². The van der Waals surface area contributed by atoms with Crippen molar-refractivity contribution < 1.29 is 36.3 Å². The highest BCUT2D eigenvalue weighted by molar-refractivity contribution is 6.07. The molecule has 242 valence electrons. The third-order valence-corrected chi connectivity index (χ3v) is 7.71. The molecule has 2 amide bonds. The molecule has 3 heterocycles. The molecule has 16 heteroatoms. The van der Waals surface area contributed by atoms with Gasteiger partial charge >= 0.3 is 6.18 Å². The number of alkyl halides is 3. The Morgan fingerprint density at radius 2 is 1.67 bits per heavy atom. The van der Waals surface area contributed by atoms with Gasteiger partial charge in [-0.1, -0.05) is 5.21 Å². The fourth-order valence-electron chi connectivity index (χ4n) is 5.16. The maximum absolute atomic E-state index is 14.0. The number of aromatic nitrogens is 3. The van der Waals surface area contributed by atoms with Gasteiger partial charge in [0, 0.05) is 45.8 Å². The predicted molar refractivity (Wildman–Crippen MR) is 155 cm³/mol. The number of nitrogens with zero attached hydrogens (tertiary/aromatic N) is 6. The quantitative estimate of drug-likeness (QED) is 0.273. The molecule has 5 rings (SSSR count). The zero-order valence-corrected chi connectivity index (χ0v) is 24.5. The number of anilines is 2. The van der Waals surface area contributed by atoms with E-state index in [2.05, 4.69) is 30.7 Å². The van der Waals surface area contributed by atoms with Crippen LogP contribution >= 0.6 is 0 Å². The summed E-state index contributed by atoms with van der Waals surface area (Å²) >= 11 is 0. The van der Waals surface area contributed by atoms with Gasteiger partial charge in [0.2, 0.25) is 0 Å². The number of carbonyl (C=O) groups is 2. The van der Waals surface area contributed by atoms with Crippen LogP contribution in [0.15, 0.2) is 36.5 Å². The van der Waals surface area contributed by atoms with Crippen molar-refractivity contribution in [2.75, 3.05) is 82.8 Å². The first-order valence-electron chi connectivity index (χ1n) is 14.5. The minimum Gasteiger partial charge on any atom is -0.379 e. The summed E-state index contributed by atoms with van der Waals surface area (Å²) in [5.74, 6) is -5.01. The molecule has 2 aromatic carbocycles. The Morgan fingerprint density at radius 1 is 0.956 bits per heavy atom. The number of likely N-dealkylation sites (N-methyl/N-ethyl adjacent to an activating group) is 1. The van der Waals surface area contributed by atoms with Crippen molar-refractivity contribution in [2.24, 2.45) is 0 Å². The normalized spacial score (nSPS) is 16.5. The zero-order chi connectivity index (χ0) is 32.1. The molecular formula is C29H33F5N8O3. The van der Waals surface area contributed by atoms with Crippen LogP contribution in [0, 0.1) is 11.6 Å². The minimum atomic E-state index is -5.11. The van der Waals surface area contributed by atoms with Crippen LogP contribution in [-0.4, -0.2) is 109 Å². The van der Waals surface area contributed by atoms with E-state index in [1.54, 1.807) is 12.1 Å². The van der Waals surface area contributed by atoms with Crippen molar-refractivity contribution in [1.29, 1.82) is 0 Å². The van der Waals surface area contributed by atoms with E-state index >= 15 is 0 Å². The molecule has 2 saturated heterocycles. The topological polar surface area (TPSA) is 108 Å². The Morgan fingerprint density at radius 3 is 2.38 bits per heavy atom. The van der Waals surface area contributed by atoms with Gasteiger partial charge in [-0.25, -0.2) is 13.5 Å². The summed E-state index contributed by atoms with van der Waals surface area (Å²) in [7, 11) is 1.95. The Hall–Kier alpha value is -4.15. The first-order valence-corrected chi connectivity index (χ1v) is 14.5. The number of benzene rings is 2. The highest BCUT2D eigenvalue weighted by Crippen LogP contribution is 2.35. The van der Waals surface area contributed by atoms with Gasteiger partial charge in [0.05, 0.1) is 47.6 Å². The second-order valence-electron chi connectivity index (χ2n) is 10.9. The highest BCUT2D eigenvalue weighted by atomic mass is 19.4. The van der Waals surface area contributed by atoms with Gasteiger partial charge in [-0.3, -0.25) is 14.5 Å². The summed E-state index contributed by atoms with van der Waals surface area (Å²) in [4.78, 5) is 32.2. The van der Waals surface area contributed by atoms with Crippen LogP contribution in [0.1, 0.15) is 32.8 Å². The third-order valence-electron chi connectivity index (χ3n) is 7.71. The average Bonchev–Trinajstić information content (AvgIpc) is 3.51. The molecule has 45 heavy (non-hydrogen) atoms. The molecule has 2 N–H and O–H groups in total. The van der Waals surface area contributed by atoms with Crippen LogP contribution in [0.4, 0.5) is 33.3 Å². The van der Waals surface area contributed by atoms with Crippen molar-refractivity contribution in [3.63, 3.8) is 0 Å². The average molecular weight is 637 g/mol. The summed E-state index contributed by atoms with van der Waals surface area (Å²) in [6, 6.07) is 5.00. The molecule has 0 bridgehead atoms. The molecule has 11 nitrogen and oxygen atoms in total. The molecule has 2 fully saturated rings. The van der Waals surface area contributed by atoms with Gasteiger partial charge in [0.15, 0.2) is 17.3 Å². The molecule has 0 atom stereocenters. The lowest BCUT2D eigenvalue weighted by Crippen LogP contribution is -2.44. The van der Waals surface area contributed by atoms with Crippen LogP contribution in [0.25, 0.3) is 5.69 Å². The Kier molecular flexibility index (Phi) is 9.94. The number of ether oxygens (including phenoxy) is 1. The standard InChI is InChI=1S/C29H33F5N8O3/c1-39-7-9-41(10-8-39)26-4-3-19(15-24(26)36-27(43)20-16-22(30)23(31)17-21(20)29(32,33)34)42-18-25(37-38-42)28(44)35-5-2-6-40-11-13-45-14-12-40/h3-4,15-18H,2,5-14H2,1H3,(H,35,44)(H,36,43). The summed E-state index contributed by atoms with van der Waals surface area (Å²) in [6.45, 7) is 6.86. The lowest BCUT2D eigenvalue weighted by Gasteiger charge is -2.35. The van der Waals surface area contributed by atoms with Crippen LogP contribution in [0.2, 0.25) is 0 Å². The monoisotopic (exact) mass is 636 g/mol. The second-order valence-corrected chi connectivity index (χ2v) is 10.9. The first kappa shape index (κ1) is 32.2. The summed E-state index contributed by atoms with van der Waals surface area (Å²) in [5.41, 5.74) is -1.65. The number of morpholine rings is 1. The van der Waals surface area contributed by atoms with E-state index in [1.165, 1.54) is 16.9 Å². The third kappa shape index (κ3) is 7.93. The van der Waals surface area contributed by atoms with Crippen LogP contribution in [-0.2, 0) is 10.9 Å². The molecule has 0 spiro atoms. The molecule has 1 aromatic heterocycles. The lowest BCUT2D eigenvalue weighted by molar-refractivity contribution is -0.138. The highest BCUT2D eigenvalue weighted by Gasteiger charge is 2.37. The van der Waals surface area contributed by atoms with Crippen molar-refractivity contribution in [2.45, 2.75) is 12.6 Å². The SMILES string of the molecule is CN1CCN(c2ccc(-n3cc(C(=O)NCCCN4CCOCC4)nn3)cc2NC(=O)c2cc(F)c(F)cc2C(F)(F)F)CC1. The van der Waals surface area contributed by atoms with Crippen molar-refractivity contribution in [3.05, 3.63) is 65.0 Å². The zero-order valence-electron chi connectivity index (χ0n) is 24.5. The summed E-state index contributed by atoms with van der Waals surface area (Å²) in [5, 5.41) is 13.2. The predicted octanol–water partition coefficient (Wildman–Crippen LogP) is 3.02. The van der Waals surface area contributed by atoms with E-state index in [1.807, 2.05) is 11.9 Å². The molecule has 2 aliphatic heterocycles. The molecule has 2 aliphatic rings. The van der Waals surface area contributed by atoms with Gasteiger partial charge in [0.25, 0.3) is 11.8 Å². The van der Waals surface area contributed by atoms with Gasteiger partial charge in [0.1, 0.15) is 0 Å². The fraction of sp³-hybridized carbons (Fsp3) is 0.448. The van der Waals surface area contributed by atoms with Gasteiger partial charge in [-0.2, -0.15) is 13.2 Å². The Balaban J connectivity index is 1.36. The van der Waals surface area contributed by atoms with E-state index in [4.69, 9.17) is 4.74 Å². The number of nitrogens with one attached hydrogen (secondary N) is 2. The van der Waals surface area contributed by atoms with E-state index < -0.39 is 40.8 Å². The van der Waals surface area contributed by atoms with Crippen LogP contribution in [0.5, 0.6) is 0 Å². The number of carbonyl (C=O) groups excluding carboxylic acids is 2. The first-order chi connectivity index (χ1) is 21.5. The van der Waals surface area contributed by atoms with Gasteiger partial charge in [-0.15, -0.1) is 5.10 Å². The van der Waals surface area contributed by atoms with Gasteiger partial charge < -0.3 is 25.2 Å². The van der Waals surface area contributed by atoms with E-state index in [9.17, 15) is 31.5 Å². The molecular weight excluding hydrogens is 603 g/mol. The molecule has 0 unspecified atom stereocenters. The molecule has 0 radical (unpaired) electrons. The van der Waals surface area contributed by atoms with Crippen molar-refractivity contribution in [3.8, 4) is 5.69 Å². The second kappa shape index (κ2) is 13.9. The molecule has 0 aliphatic carbocycles. The largest absolute Gasteiger partial charge is 0.417 e. The maximum Gasteiger partial charge on any atom is 0.417 e. The maximum atomic E-state index is 14.0. The number of rotatable bonds is 9. The number of amides is 2. The van der Waals surface area contributed by atoms with E-state index in [0.717, 1.165) is 26.1 Å². The van der Waals surface area contributed by atoms with Crippen molar-refractivity contribution >= 4 is 23.2 Å². The fourth-order valence-corrected chi connectivity index (χ4v) is 5.16. The number of piperazine rings is 1. The molecule has 0 saturated carbocycles. The number of halogens is 5. The van der Waals surface area contributed by atoms with Crippen LogP contribution in [0.3, 0.4) is 0 Å². The van der Waals surface area contributed by atoms with Gasteiger partial charge in [-0.05, 0) is 50.3 Å². The summed E-state index contributed by atoms with van der Waals surface area (Å²) < 4.78 is 75.3. The smallest absolute Gasteiger partial charge is 0.379 e. The number of hydrogen-bond donors (Lipinski definition) is 2. The van der Waals surface area contributed by atoms with Crippen LogP contribution < -0.4 is 15.5 Å². The van der Waals surface area contributed by atoms with Crippen molar-refractivity contribution in [1.82, 2.24) is 30.1 Å². The molecule has 3 aromatic rings. The van der Waals surface area contributed by atoms with E-state index in [-0.39, 0.29) is 23.5 Å². The lowest BCUT2D eigenvalue weighted by atomic mass is 10.1. The minimum absolute atomic E-state index is 0.0350.